The van der Waals surface area contributed by atoms with Crippen molar-refractivity contribution in [3.05, 3.63) is 88.5 Å². The third kappa shape index (κ3) is 4.55. The number of nitrogens with zero attached hydrogens (tertiary/aromatic N) is 1. The van der Waals surface area contributed by atoms with Crippen LogP contribution in [0.2, 0.25) is 5.02 Å². The van der Waals surface area contributed by atoms with E-state index in [1.807, 2.05) is 0 Å². The molecule has 9 heteroatoms. The first-order valence-corrected chi connectivity index (χ1v) is 9.89. The van der Waals surface area contributed by atoms with Gasteiger partial charge in [-0.15, -0.1) is 0 Å². The van der Waals surface area contributed by atoms with Gasteiger partial charge in [-0.2, -0.15) is 0 Å². The topological polar surface area (TPSA) is 64.2 Å². The lowest BCUT2D eigenvalue weighted by Crippen LogP contribution is -2.12. The molecule has 0 atom stereocenters. The highest BCUT2D eigenvalue weighted by Crippen LogP contribution is 2.35. The van der Waals surface area contributed by atoms with Crippen LogP contribution >= 0.6 is 11.6 Å². The Kier molecular flexibility index (Phi) is 6.32. The number of aromatic amines is 1. The number of rotatable bonds is 8. The van der Waals surface area contributed by atoms with Crippen LogP contribution in [0.3, 0.4) is 0 Å². The van der Waals surface area contributed by atoms with Gasteiger partial charge in [0.1, 0.15) is 24.7 Å². The summed E-state index contributed by atoms with van der Waals surface area (Å²) in [5.41, 5.74) is 1.05. The number of alkyl halides is 2. The Bertz CT molecular complexity index is 1280. The molecule has 0 bridgehead atoms. The van der Waals surface area contributed by atoms with E-state index in [9.17, 15) is 18.0 Å². The number of ether oxygens (including phenoxy) is 2. The van der Waals surface area contributed by atoms with E-state index in [4.69, 9.17) is 21.1 Å². The monoisotopic (exact) mass is 460 g/mol. The molecule has 4 aromatic rings. The lowest BCUT2D eigenvalue weighted by atomic mass is 10.0. The number of pyridine rings is 1. The predicted octanol–water partition coefficient (Wildman–Crippen LogP) is 5.81. The Labute approximate surface area is 185 Å². The molecule has 2 aromatic heterocycles. The van der Waals surface area contributed by atoms with Gasteiger partial charge in [0.15, 0.2) is 17.3 Å². The minimum absolute atomic E-state index is 0.0313. The molecular formula is C23H16ClF3N2O3. The number of H-pyrrole nitrogens is 1. The average molecular weight is 461 g/mol. The molecule has 2 aromatic carbocycles. The fourth-order valence-electron chi connectivity index (χ4n) is 3.19. The van der Waals surface area contributed by atoms with Crippen LogP contribution in [0.4, 0.5) is 13.2 Å². The smallest absolute Gasteiger partial charge is 0.272 e. The van der Waals surface area contributed by atoms with Gasteiger partial charge in [-0.25, -0.2) is 18.2 Å². The second kappa shape index (κ2) is 9.32. The first-order chi connectivity index (χ1) is 15.4. The zero-order valence-corrected chi connectivity index (χ0v) is 17.2. The van der Waals surface area contributed by atoms with Gasteiger partial charge in [0, 0.05) is 33.9 Å². The second-order valence-corrected chi connectivity index (χ2v) is 7.23. The van der Waals surface area contributed by atoms with Gasteiger partial charge in [-0.05, 0) is 36.4 Å². The third-order valence-electron chi connectivity index (χ3n) is 4.67. The van der Waals surface area contributed by atoms with E-state index in [0.29, 0.717) is 16.6 Å². The molecule has 164 valence electrons. The molecule has 0 aliphatic rings. The number of carbonyl (C=O) groups is 1. The van der Waals surface area contributed by atoms with Crippen molar-refractivity contribution in [3.63, 3.8) is 0 Å². The molecule has 1 N–H and O–H groups in total. The summed E-state index contributed by atoms with van der Waals surface area (Å²) < 4.78 is 50.8. The van der Waals surface area contributed by atoms with Crippen molar-refractivity contribution in [2.75, 3.05) is 6.61 Å². The second-order valence-electron chi connectivity index (χ2n) is 6.79. The van der Waals surface area contributed by atoms with Crippen LogP contribution < -0.4 is 9.47 Å². The number of aromatic nitrogens is 2. The van der Waals surface area contributed by atoms with Crippen LogP contribution in [-0.2, 0) is 6.61 Å². The summed E-state index contributed by atoms with van der Waals surface area (Å²) >= 11 is 5.76. The van der Waals surface area contributed by atoms with Gasteiger partial charge in [0.25, 0.3) is 6.43 Å². The summed E-state index contributed by atoms with van der Waals surface area (Å²) in [6.45, 7) is -1.16. The van der Waals surface area contributed by atoms with E-state index in [1.165, 1.54) is 36.5 Å². The Morgan fingerprint density at radius 2 is 1.94 bits per heavy atom. The highest BCUT2D eigenvalue weighted by atomic mass is 35.5. The van der Waals surface area contributed by atoms with Crippen molar-refractivity contribution in [3.8, 4) is 11.5 Å². The van der Waals surface area contributed by atoms with E-state index in [2.05, 4.69) is 9.97 Å². The Balaban J connectivity index is 1.69. The first kappa shape index (κ1) is 21.7. The lowest BCUT2D eigenvalue weighted by Gasteiger charge is -2.16. The van der Waals surface area contributed by atoms with Crippen molar-refractivity contribution >= 4 is 28.4 Å². The fourth-order valence-corrected chi connectivity index (χ4v) is 3.35. The SMILES string of the molecule is O=C(c1cccc(OCc2ccc(Cl)cc2F)c1OCC(F)F)c1c[nH]c2ncccc12. The van der Waals surface area contributed by atoms with Crippen molar-refractivity contribution in [2.24, 2.45) is 0 Å². The Hall–Kier alpha value is -3.52. The number of hydrogen-bond acceptors (Lipinski definition) is 4. The Morgan fingerprint density at radius 3 is 2.72 bits per heavy atom. The molecule has 4 rings (SSSR count). The quantitative estimate of drug-likeness (QED) is 0.337. The number of ketones is 1. The molecule has 0 fully saturated rings. The molecule has 2 heterocycles. The highest BCUT2D eigenvalue weighted by Gasteiger charge is 2.23. The minimum atomic E-state index is -2.77. The van der Waals surface area contributed by atoms with Gasteiger partial charge in [0.05, 0.1) is 5.56 Å². The van der Waals surface area contributed by atoms with Gasteiger partial charge in [0.2, 0.25) is 0 Å². The number of fused-ring (bicyclic) bond motifs is 1. The molecule has 32 heavy (non-hydrogen) atoms. The predicted molar refractivity (Wildman–Crippen MR) is 113 cm³/mol. The van der Waals surface area contributed by atoms with E-state index in [0.717, 1.165) is 6.07 Å². The van der Waals surface area contributed by atoms with Crippen LogP contribution in [0.1, 0.15) is 21.5 Å². The standard InChI is InChI=1S/C23H16ClF3N2O3/c24-14-7-6-13(18(25)9-14)11-31-19-5-1-3-16(22(19)32-12-20(26)27)21(30)17-10-29-23-15(17)4-2-8-28-23/h1-10,20H,11-12H2,(H,28,29). The summed E-state index contributed by atoms with van der Waals surface area (Å²) in [7, 11) is 0. The van der Waals surface area contributed by atoms with Gasteiger partial charge < -0.3 is 14.5 Å². The first-order valence-electron chi connectivity index (χ1n) is 9.51. The van der Waals surface area contributed by atoms with Crippen LogP contribution in [0.5, 0.6) is 11.5 Å². The largest absolute Gasteiger partial charge is 0.485 e. The maximum absolute atomic E-state index is 14.1. The molecule has 0 aliphatic heterocycles. The summed E-state index contributed by atoms with van der Waals surface area (Å²) in [6, 6.07) is 11.9. The molecule has 0 radical (unpaired) electrons. The van der Waals surface area contributed by atoms with E-state index >= 15 is 0 Å². The summed E-state index contributed by atoms with van der Waals surface area (Å²) in [6.07, 6.45) is 0.305. The molecular weight excluding hydrogens is 445 g/mol. The van der Waals surface area contributed by atoms with Gasteiger partial charge in [-0.3, -0.25) is 4.79 Å². The fraction of sp³-hybridized carbons (Fsp3) is 0.130. The third-order valence-corrected chi connectivity index (χ3v) is 4.91. The zero-order chi connectivity index (χ0) is 22.7. The van der Waals surface area contributed by atoms with Gasteiger partial charge in [-0.1, -0.05) is 23.7 Å². The minimum Gasteiger partial charge on any atom is -0.485 e. The highest BCUT2D eigenvalue weighted by molar-refractivity contribution is 6.30. The molecule has 0 saturated heterocycles. The molecule has 5 nitrogen and oxygen atoms in total. The van der Waals surface area contributed by atoms with E-state index < -0.39 is 24.6 Å². The number of hydrogen-bond donors (Lipinski definition) is 1. The molecule has 0 unspecified atom stereocenters. The number of carbonyl (C=O) groups excluding carboxylic acids is 1. The maximum atomic E-state index is 14.1. The maximum Gasteiger partial charge on any atom is 0.272 e. The van der Waals surface area contributed by atoms with Crippen LogP contribution in [0.15, 0.2) is 60.9 Å². The Morgan fingerprint density at radius 1 is 1.09 bits per heavy atom. The number of halogens is 4. The molecule has 0 spiro atoms. The summed E-state index contributed by atoms with van der Waals surface area (Å²) in [5, 5.41) is 0.805. The molecule has 0 aliphatic carbocycles. The zero-order valence-electron chi connectivity index (χ0n) is 16.4. The summed E-state index contributed by atoms with van der Waals surface area (Å²) in [5.74, 6) is -1.16. The lowest BCUT2D eigenvalue weighted by molar-refractivity contribution is 0.0782. The van der Waals surface area contributed by atoms with E-state index in [-0.39, 0.29) is 34.3 Å². The normalized spacial score (nSPS) is 11.2. The number of nitrogens with one attached hydrogen (secondary N) is 1. The van der Waals surface area contributed by atoms with E-state index in [1.54, 1.807) is 18.3 Å². The molecule has 0 amide bonds. The summed E-state index contributed by atoms with van der Waals surface area (Å²) in [4.78, 5) is 20.3. The van der Waals surface area contributed by atoms with Crippen molar-refractivity contribution < 1.29 is 27.4 Å². The van der Waals surface area contributed by atoms with Crippen molar-refractivity contribution in [1.82, 2.24) is 9.97 Å². The van der Waals surface area contributed by atoms with Crippen molar-refractivity contribution in [1.29, 1.82) is 0 Å². The number of benzene rings is 2. The molecule has 0 saturated carbocycles. The number of para-hydroxylation sites is 1. The van der Waals surface area contributed by atoms with Crippen LogP contribution in [0, 0.1) is 5.82 Å². The van der Waals surface area contributed by atoms with Crippen LogP contribution in [-0.4, -0.2) is 28.8 Å². The van der Waals surface area contributed by atoms with Crippen LogP contribution in [0.25, 0.3) is 11.0 Å². The average Bonchev–Trinajstić information content (AvgIpc) is 3.21. The van der Waals surface area contributed by atoms with Crippen molar-refractivity contribution in [2.45, 2.75) is 13.0 Å². The van der Waals surface area contributed by atoms with Gasteiger partial charge >= 0.3 is 0 Å².